The minimum Gasteiger partial charge on any atom is -0.497 e. The maximum absolute atomic E-state index is 7.36. The van der Waals surface area contributed by atoms with Crippen LogP contribution in [0.2, 0.25) is 36.3 Å². The van der Waals surface area contributed by atoms with E-state index in [-0.39, 0.29) is 28.9 Å². The lowest BCUT2D eigenvalue weighted by atomic mass is 9.77. The lowest BCUT2D eigenvalue weighted by Gasteiger charge is -2.40. The molecule has 3 heterocycles. The van der Waals surface area contributed by atoms with Gasteiger partial charge in [0.2, 0.25) is 17.8 Å². The largest absolute Gasteiger partial charge is 0.497 e. The molecule has 0 amide bonds. The van der Waals surface area contributed by atoms with Crippen LogP contribution in [0.15, 0.2) is 152 Å². The van der Waals surface area contributed by atoms with Gasteiger partial charge in [0.1, 0.15) is 36.0 Å². The first kappa shape index (κ1) is 52.3. The summed E-state index contributed by atoms with van der Waals surface area (Å²) in [5.74, 6) is 2.59. The van der Waals surface area contributed by atoms with Crippen molar-refractivity contribution in [3.63, 3.8) is 0 Å². The molecule has 74 heavy (non-hydrogen) atoms. The van der Waals surface area contributed by atoms with Gasteiger partial charge in [0, 0.05) is 12.1 Å². The van der Waals surface area contributed by atoms with E-state index in [0.717, 1.165) is 50.2 Å². The number of ether oxygens (including phenoxy) is 4. The highest BCUT2D eigenvalue weighted by atomic mass is 28.4. The molecule has 386 valence electrons. The van der Waals surface area contributed by atoms with Crippen molar-refractivity contribution < 1.29 is 27.8 Å². The fraction of sp³-hybridized carbons (Fsp3) is 0.350. The third-order valence-corrected chi connectivity index (χ3v) is 24.4. The minimum atomic E-state index is -2.32. The molecule has 2 N–H and O–H groups in total. The number of nitrogens with zero attached hydrogens (tertiary/aromatic N) is 4. The average molecular weight is 1030 g/mol. The molecule has 6 aromatic carbocycles. The number of imidazole rings is 1. The van der Waals surface area contributed by atoms with Gasteiger partial charge >= 0.3 is 0 Å². The SMILES string of the molecule is COc1ccc(C(Nc2nc(OCc3ccccc3)c3nc(Nc4ccc5ccccc5c4)n([C@H]4C[C@H](O[Si](C)(C)C(C)(C)C)[C@@H](CO[Si](C)(C)C(C)(C)C)O4)c3n2)(c2ccccc2)c2ccc(OC)cc2)cc1. The lowest BCUT2D eigenvalue weighted by Crippen LogP contribution is -2.48. The normalized spacial score (nSPS) is 16.6. The van der Waals surface area contributed by atoms with Gasteiger partial charge in [-0.15, -0.1) is 0 Å². The van der Waals surface area contributed by atoms with Crippen molar-refractivity contribution in [3.8, 4) is 17.4 Å². The van der Waals surface area contributed by atoms with Gasteiger partial charge in [0.05, 0.1) is 26.9 Å². The zero-order valence-electron chi connectivity index (χ0n) is 45.0. The molecule has 1 fully saturated rings. The molecule has 0 aliphatic carbocycles. The second-order valence-corrected chi connectivity index (χ2v) is 31.9. The number of rotatable bonds is 18. The summed E-state index contributed by atoms with van der Waals surface area (Å²) in [5.41, 5.74) is 4.56. The predicted octanol–water partition coefficient (Wildman–Crippen LogP) is 14.4. The third kappa shape index (κ3) is 10.8. The summed E-state index contributed by atoms with van der Waals surface area (Å²) in [6.45, 7) is 23.4. The fourth-order valence-electron chi connectivity index (χ4n) is 9.04. The van der Waals surface area contributed by atoms with Crippen LogP contribution in [0.1, 0.15) is 76.4 Å². The number of benzene rings is 6. The predicted molar refractivity (Wildman–Crippen MR) is 303 cm³/mol. The lowest BCUT2D eigenvalue weighted by molar-refractivity contribution is -0.0376. The number of hydrogen-bond donors (Lipinski definition) is 2. The average Bonchev–Trinajstić information content (AvgIpc) is 3.97. The van der Waals surface area contributed by atoms with E-state index in [4.69, 9.17) is 42.8 Å². The monoisotopic (exact) mass is 1030 g/mol. The zero-order chi connectivity index (χ0) is 52.5. The number of fused-ring (bicyclic) bond motifs is 2. The summed E-state index contributed by atoms with van der Waals surface area (Å²) in [4.78, 5) is 16.2. The van der Waals surface area contributed by atoms with Gasteiger partial charge in [-0.1, -0.05) is 157 Å². The molecule has 2 aromatic heterocycles. The van der Waals surface area contributed by atoms with Gasteiger partial charge < -0.3 is 38.4 Å². The molecule has 9 rings (SSSR count). The number of nitrogens with one attached hydrogen (secondary N) is 2. The van der Waals surface area contributed by atoms with Crippen molar-refractivity contribution >= 4 is 56.2 Å². The Morgan fingerprint density at radius 1 is 0.635 bits per heavy atom. The Balaban J connectivity index is 1.27. The molecular weight excluding hydrogens is 957 g/mol. The molecule has 1 saturated heterocycles. The second-order valence-electron chi connectivity index (χ2n) is 22.3. The van der Waals surface area contributed by atoms with Crippen LogP contribution in [0, 0.1) is 0 Å². The van der Waals surface area contributed by atoms with E-state index < -0.39 is 28.4 Å². The summed E-state index contributed by atoms with van der Waals surface area (Å²) < 4.78 is 42.0. The van der Waals surface area contributed by atoms with E-state index in [0.29, 0.717) is 42.0 Å². The summed E-state index contributed by atoms with van der Waals surface area (Å²) in [6, 6.07) is 51.3. The van der Waals surface area contributed by atoms with Crippen molar-refractivity contribution in [1.29, 1.82) is 0 Å². The van der Waals surface area contributed by atoms with E-state index >= 15 is 0 Å². The van der Waals surface area contributed by atoms with Crippen LogP contribution in [0.25, 0.3) is 21.9 Å². The molecule has 0 bridgehead atoms. The Bertz CT molecular complexity index is 3130. The van der Waals surface area contributed by atoms with Crippen molar-refractivity contribution in [2.75, 3.05) is 31.5 Å². The van der Waals surface area contributed by atoms with Crippen LogP contribution in [-0.2, 0) is 25.7 Å². The smallest absolute Gasteiger partial charge is 0.247 e. The first-order valence-electron chi connectivity index (χ1n) is 25.6. The Morgan fingerprint density at radius 3 is 1.80 bits per heavy atom. The topological polar surface area (TPSA) is 123 Å². The van der Waals surface area contributed by atoms with Gasteiger partial charge in [0.15, 0.2) is 27.8 Å². The fourth-order valence-corrected chi connectivity index (χ4v) is 11.4. The van der Waals surface area contributed by atoms with Gasteiger partial charge in [-0.2, -0.15) is 9.97 Å². The standard InChI is InChI=1S/C60H72N6O6Si2/c1-58(2,3)73(9,10)70-40-51-50(72-74(11,12)59(4,5)6)38-52(71-51)66-54-53(62-57(66)61-47-32-27-42-23-19-20-24-43(42)37-47)55(69-39-41-21-15-13-16-22-41)64-56(63-54)65-60(44-25-17-14-18-26-44,45-28-33-48(67-7)34-29-45)46-30-35-49(68-8)36-31-46/h13-37,50-52H,38-40H2,1-12H3,(H,61,62)(H,63,64,65)/t50-,51+,52+/m0/s1. The molecule has 0 spiro atoms. The molecule has 1 aliphatic rings. The van der Waals surface area contributed by atoms with Crippen LogP contribution < -0.4 is 24.8 Å². The quantitative estimate of drug-likeness (QED) is 0.0631. The molecule has 0 unspecified atom stereocenters. The molecular formula is C60H72N6O6Si2. The van der Waals surface area contributed by atoms with Gasteiger partial charge in [-0.05, 0) is 106 Å². The van der Waals surface area contributed by atoms with Crippen LogP contribution in [0.3, 0.4) is 0 Å². The number of methoxy groups -OCH3 is 2. The van der Waals surface area contributed by atoms with Crippen molar-refractivity contribution in [3.05, 3.63) is 174 Å². The van der Waals surface area contributed by atoms with E-state index in [1.54, 1.807) is 14.2 Å². The molecule has 0 radical (unpaired) electrons. The Morgan fingerprint density at radius 2 is 1.20 bits per heavy atom. The summed E-state index contributed by atoms with van der Waals surface area (Å²) in [7, 11) is -1.18. The summed E-state index contributed by atoms with van der Waals surface area (Å²) >= 11 is 0. The van der Waals surface area contributed by atoms with Crippen LogP contribution in [0.4, 0.5) is 17.6 Å². The summed E-state index contributed by atoms with van der Waals surface area (Å²) in [6.07, 6.45) is -0.717. The Kier molecular flexibility index (Phi) is 14.8. The Hall–Kier alpha value is -6.56. The van der Waals surface area contributed by atoms with Crippen molar-refractivity contribution in [1.82, 2.24) is 19.5 Å². The van der Waals surface area contributed by atoms with E-state index in [9.17, 15) is 0 Å². The van der Waals surface area contributed by atoms with E-state index in [1.165, 1.54) is 0 Å². The van der Waals surface area contributed by atoms with Crippen LogP contribution in [-0.4, -0.2) is 69.2 Å². The first-order chi connectivity index (χ1) is 35.3. The second kappa shape index (κ2) is 21.0. The first-order valence-corrected chi connectivity index (χ1v) is 31.4. The minimum absolute atomic E-state index is 0.00135. The highest BCUT2D eigenvalue weighted by Crippen LogP contribution is 2.46. The third-order valence-electron chi connectivity index (χ3n) is 15.4. The van der Waals surface area contributed by atoms with Crippen LogP contribution >= 0.6 is 0 Å². The highest BCUT2D eigenvalue weighted by Gasteiger charge is 2.48. The molecule has 1 aliphatic heterocycles. The van der Waals surface area contributed by atoms with E-state index in [2.05, 4.69) is 162 Å². The molecule has 14 heteroatoms. The molecule has 8 aromatic rings. The van der Waals surface area contributed by atoms with E-state index in [1.807, 2.05) is 72.8 Å². The van der Waals surface area contributed by atoms with Gasteiger partial charge in [0.25, 0.3) is 0 Å². The molecule has 12 nitrogen and oxygen atoms in total. The maximum atomic E-state index is 7.36. The molecule has 0 saturated carbocycles. The number of aromatic nitrogens is 4. The zero-order valence-corrected chi connectivity index (χ0v) is 47.0. The Labute approximate surface area is 439 Å². The van der Waals surface area contributed by atoms with Crippen molar-refractivity contribution in [2.24, 2.45) is 0 Å². The van der Waals surface area contributed by atoms with Crippen molar-refractivity contribution in [2.45, 2.75) is 115 Å². The number of anilines is 3. The van der Waals surface area contributed by atoms with Gasteiger partial charge in [-0.25, -0.2) is 4.98 Å². The van der Waals surface area contributed by atoms with Crippen LogP contribution in [0.5, 0.6) is 17.4 Å². The maximum Gasteiger partial charge on any atom is 0.247 e. The molecule has 3 atom stereocenters. The number of hydrogen-bond acceptors (Lipinski definition) is 11. The van der Waals surface area contributed by atoms with Gasteiger partial charge in [-0.3, -0.25) is 4.57 Å². The summed E-state index contributed by atoms with van der Waals surface area (Å²) in [5, 5.41) is 9.85. The highest BCUT2D eigenvalue weighted by molar-refractivity contribution is 6.74.